The molecule has 6 heteroatoms. The Bertz CT molecular complexity index is 712. The highest BCUT2D eigenvalue weighted by molar-refractivity contribution is 7.09. The fourth-order valence-corrected chi connectivity index (χ4v) is 6.56. The quantitative estimate of drug-likeness (QED) is 0.914. The van der Waals surface area contributed by atoms with Crippen LogP contribution >= 0.6 is 11.3 Å². The van der Waals surface area contributed by atoms with E-state index in [-0.39, 0.29) is 11.3 Å². The van der Waals surface area contributed by atoms with Crippen LogP contribution < -0.4 is 5.73 Å². The molecule has 1 aliphatic heterocycles. The molecule has 5 aliphatic rings. The molecule has 2 heterocycles. The summed E-state index contributed by atoms with van der Waals surface area (Å²) in [6, 6.07) is 0.419. The van der Waals surface area contributed by atoms with Gasteiger partial charge < -0.3 is 10.6 Å². The van der Waals surface area contributed by atoms with Gasteiger partial charge in [0.2, 0.25) is 5.91 Å². The Balaban J connectivity index is 1.36. The average molecular weight is 345 g/mol. The van der Waals surface area contributed by atoms with Gasteiger partial charge in [-0.3, -0.25) is 4.79 Å². The number of nitrogens with two attached hydrogens (primary N) is 1. The molecule has 4 fully saturated rings. The molecule has 2 unspecified atom stereocenters. The van der Waals surface area contributed by atoms with Gasteiger partial charge in [0.25, 0.3) is 0 Å². The molecule has 6 rings (SSSR count). The van der Waals surface area contributed by atoms with Crippen molar-refractivity contribution in [1.29, 1.82) is 0 Å². The maximum Gasteiger partial charge on any atom is 0.223 e. The summed E-state index contributed by atoms with van der Waals surface area (Å²) in [6.45, 7) is 2.83. The SMILES string of the molecule is Cc1nc(C2=CCN(C3C4CC5CC3CC(C(N)=O)(C5)C4)O2)cs1. The fraction of sp³-hybridized carbons (Fsp3) is 0.667. The highest BCUT2D eigenvalue weighted by Gasteiger charge is 2.59. The molecular weight excluding hydrogens is 322 g/mol. The van der Waals surface area contributed by atoms with Crippen molar-refractivity contribution in [3.63, 3.8) is 0 Å². The molecule has 1 amide bonds. The average Bonchev–Trinajstić information content (AvgIpc) is 3.15. The van der Waals surface area contributed by atoms with Gasteiger partial charge in [-0.25, -0.2) is 4.98 Å². The van der Waals surface area contributed by atoms with Crippen LogP contribution in [0.1, 0.15) is 42.8 Å². The van der Waals surface area contributed by atoms with Crippen LogP contribution in [-0.2, 0) is 9.63 Å². The molecule has 0 aromatic carbocycles. The van der Waals surface area contributed by atoms with Crippen LogP contribution in [0.5, 0.6) is 0 Å². The van der Waals surface area contributed by atoms with Gasteiger partial charge in [-0.1, -0.05) is 0 Å². The van der Waals surface area contributed by atoms with Crippen molar-refractivity contribution in [2.45, 2.75) is 45.1 Å². The van der Waals surface area contributed by atoms with Crippen molar-refractivity contribution in [2.24, 2.45) is 28.9 Å². The van der Waals surface area contributed by atoms with Crippen molar-refractivity contribution < 1.29 is 9.63 Å². The van der Waals surface area contributed by atoms with Crippen LogP contribution in [-0.4, -0.2) is 28.5 Å². The zero-order valence-corrected chi connectivity index (χ0v) is 14.7. The third kappa shape index (κ3) is 2.09. The third-order valence-corrected chi connectivity index (χ3v) is 7.40. The molecular formula is C18H23N3O2S. The van der Waals surface area contributed by atoms with E-state index < -0.39 is 0 Å². The highest BCUT2D eigenvalue weighted by atomic mass is 32.1. The minimum atomic E-state index is -0.227. The number of thiazole rings is 1. The van der Waals surface area contributed by atoms with Crippen molar-refractivity contribution in [3.8, 4) is 0 Å². The maximum absolute atomic E-state index is 12.1. The molecule has 1 aromatic rings. The van der Waals surface area contributed by atoms with Crippen LogP contribution in [0.25, 0.3) is 5.76 Å². The maximum atomic E-state index is 12.1. The summed E-state index contributed by atoms with van der Waals surface area (Å²) >= 11 is 1.65. The standard InChI is InChI=1S/C18H23N3O2S/c1-10-20-14(9-24-10)15-2-3-21(23-15)16-12-4-11-5-13(16)8-18(6-11,7-12)17(19)22/h2,9,11-13,16H,3-8H2,1H3,(H2,19,22). The number of rotatable bonds is 3. The molecule has 2 atom stereocenters. The van der Waals surface area contributed by atoms with E-state index in [9.17, 15) is 4.79 Å². The van der Waals surface area contributed by atoms with Gasteiger partial charge in [-0.05, 0) is 62.9 Å². The first-order valence-corrected chi connectivity index (χ1v) is 9.79. The molecule has 0 radical (unpaired) electrons. The number of hydrogen-bond acceptors (Lipinski definition) is 5. The summed E-state index contributed by atoms with van der Waals surface area (Å²) in [5, 5.41) is 5.28. The summed E-state index contributed by atoms with van der Waals surface area (Å²) in [5.74, 6) is 2.57. The van der Waals surface area contributed by atoms with E-state index in [4.69, 9.17) is 10.6 Å². The highest BCUT2D eigenvalue weighted by Crippen LogP contribution is 2.61. The van der Waals surface area contributed by atoms with Crippen molar-refractivity contribution in [1.82, 2.24) is 10.0 Å². The molecule has 5 nitrogen and oxygen atoms in total. The lowest BCUT2D eigenvalue weighted by atomic mass is 9.47. The Hall–Kier alpha value is -1.40. The lowest BCUT2D eigenvalue weighted by Gasteiger charge is -2.59. The predicted octanol–water partition coefficient (Wildman–Crippen LogP) is 2.72. The first-order chi connectivity index (χ1) is 11.5. The second-order valence-corrected chi connectivity index (χ2v) is 9.18. The van der Waals surface area contributed by atoms with Crippen LogP contribution in [0.2, 0.25) is 0 Å². The molecule has 4 aliphatic carbocycles. The first kappa shape index (κ1) is 14.9. The van der Waals surface area contributed by atoms with Gasteiger partial charge >= 0.3 is 0 Å². The monoisotopic (exact) mass is 345 g/mol. The van der Waals surface area contributed by atoms with Gasteiger partial charge in [0, 0.05) is 10.8 Å². The van der Waals surface area contributed by atoms with Gasteiger partial charge in [0.1, 0.15) is 5.69 Å². The topological polar surface area (TPSA) is 68.5 Å². The van der Waals surface area contributed by atoms with Gasteiger partial charge in [-0.2, -0.15) is 0 Å². The number of aromatic nitrogens is 1. The zero-order valence-electron chi connectivity index (χ0n) is 13.9. The van der Waals surface area contributed by atoms with E-state index in [1.165, 1.54) is 12.8 Å². The Labute approximate surface area is 145 Å². The number of carbonyl (C=O) groups is 1. The van der Waals surface area contributed by atoms with Gasteiger partial charge in [-0.15, -0.1) is 16.4 Å². The van der Waals surface area contributed by atoms with Crippen LogP contribution in [0.4, 0.5) is 0 Å². The Morgan fingerprint density at radius 3 is 2.75 bits per heavy atom. The minimum absolute atomic E-state index is 0.0700. The molecule has 0 spiro atoms. The van der Waals surface area contributed by atoms with E-state index in [1.807, 2.05) is 6.92 Å². The second-order valence-electron chi connectivity index (χ2n) is 8.12. The summed E-state index contributed by atoms with van der Waals surface area (Å²) in [5.41, 5.74) is 6.50. The number of aryl methyl sites for hydroxylation is 1. The van der Waals surface area contributed by atoms with E-state index >= 15 is 0 Å². The summed E-state index contributed by atoms with van der Waals surface area (Å²) in [4.78, 5) is 22.8. The Morgan fingerprint density at radius 2 is 2.12 bits per heavy atom. The lowest BCUT2D eigenvalue weighted by molar-refractivity contribution is -0.197. The molecule has 1 aromatic heterocycles. The van der Waals surface area contributed by atoms with Crippen LogP contribution in [0, 0.1) is 30.1 Å². The second kappa shape index (κ2) is 5.05. The van der Waals surface area contributed by atoms with E-state index in [2.05, 4.69) is 21.5 Å². The van der Waals surface area contributed by atoms with Crippen molar-refractivity contribution >= 4 is 23.0 Å². The Morgan fingerprint density at radius 1 is 1.38 bits per heavy atom. The molecule has 2 N–H and O–H groups in total. The molecule has 4 saturated carbocycles. The third-order valence-electron chi connectivity index (χ3n) is 6.62. The predicted molar refractivity (Wildman–Crippen MR) is 91.6 cm³/mol. The van der Waals surface area contributed by atoms with Crippen molar-refractivity contribution in [2.75, 3.05) is 6.54 Å². The van der Waals surface area contributed by atoms with E-state index in [0.29, 0.717) is 23.8 Å². The summed E-state index contributed by atoms with van der Waals surface area (Å²) < 4.78 is 0. The molecule has 0 saturated heterocycles. The number of nitrogens with zero attached hydrogens (tertiary/aromatic N) is 2. The lowest BCUT2D eigenvalue weighted by Crippen LogP contribution is -2.61. The van der Waals surface area contributed by atoms with Crippen molar-refractivity contribution in [3.05, 3.63) is 22.2 Å². The fourth-order valence-electron chi connectivity index (χ4n) is 5.95. The molecule has 24 heavy (non-hydrogen) atoms. The minimum Gasteiger partial charge on any atom is -0.403 e. The molecule has 128 valence electrons. The summed E-state index contributed by atoms with van der Waals surface area (Å²) in [6.07, 6.45) is 7.51. The van der Waals surface area contributed by atoms with Gasteiger partial charge in [0.05, 0.1) is 17.6 Å². The number of hydroxylamine groups is 2. The first-order valence-electron chi connectivity index (χ1n) is 8.91. The zero-order chi connectivity index (χ0) is 16.5. The van der Waals surface area contributed by atoms with Gasteiger partial charge in [0.15, 0.2) is 5.76 Å². The number of carbonyl (C=O) groups excluding carboxylic acids is 1. The smallest absolute Gasteiger partial charge is 0.223 e. The Kier molecular flexibility index (Phi) is 3.14. The van der Waals surface area contributed by atoms with Crippen LogP contribution in [0.3, 0.4) is 0 Å². The number of hydrogen-bond donors (Lipinski definition) is 1. The number of amides is 1. The molecule has 4 bridgehead atoms. The van der Waals surface area contributed by atoms with Crippen LogP contribution in [0.15, 0.2) is 11.5 Å². The summed E-state index contributed by atoms with van der Waals surface area (Å²) in [7, 11) is 0. The van der Waals surface area contributed by atoms with E-state index in [1.54, 1.807) is 11.3 Å². The van der Waals surface area contributed by atoms with E-state index in [0.717, 1.165) is 42.3 Å². The number of primary amides is 1. The normalized spacial score (nSPS) is 40.6. The largest absolute Gasteiger partial charge is 0.403 e.